The molecule has 1 heterocycles. The van der Waals surface area contributed by atoms with Crippen molar-refractivity contribution in [2.75, 3.05) is 33.3 Å². The zero-order valence-electron chi connectivity index (χ0n) is 17.6. The van der Waals surface area contributed by atoms with Crippen LogP contribution in [0.5, 0.6) is 17.2 Å². The van der Waals surface area contributed by atoms with Crippen molar-refractivity contribution in [2.24, 2.45) is 0 Å². The molecule has 3 rings (SSSR count). The number of fused-ring (bicyclic) bond motifs is 1. The third kappa shape index (κ3) is 4.65. The summed E-state index contributed by atoms with van der Waals surface area (Å²) in [5.74, 6) is 1.41. The SMILES string of the molecule is COCC(=O)Nc1ccc2c(c1)CN(Cc1cccc(OC)c1OC)C(=O)C(C)O2. The van der Waals surface area contributed by atoms with E-state index in [1.165, 1.54) is 7.11 Å². The summed E-state index contributed by atoms with van der Waals surface area (Å²) in [6.07, 6.45) is -0.642. The van der Waals surface area contributed by atoms with Gasteiger partial charge in [0.2, 0.25) is 5.91 Å². The molecule has 2 amide bonds. The Morgan fingerprint density at radius 2 is 2.00 bits per heavy atom. The molecule has 8 nitrogen and oxygen atoms in total. The molecular formula is C22H26N2O6. The minimum atomic E-state index is -0.642. The van der Waals surface area contributed by atoms with Gasteiger partial charge in [-0.05, 0) is 31.2 Å². The van der Waals surface area contributed by atoms with Crippen LogP contribution in [0.4, 0.5) is 5.69 Å². The number of nitrogens with one attached hydrogen (secondary N) is 1. The van der Waals surface area contributed by atoms with Crippen LogP contribution in [0, 0.1) is 0 Å². The highest BCUT2D eigenvalue weighted by atomic mass is 16.5. The summed E-state index contributed by atoms with van der Waals surface area (Å²) in [5, 5.41) is 2.77. The number of ether oxygens (including phenoxy) is 4. The summed E-state index contributed by atoms with van der Waals surface area (Å²) in [5.41, 5.74) is 2.23. The van der Waals surface area contributed by atoms with Crippen LogP contribution in [-0.4, -0.2) is 50.8 Å². The minimum Gasteiger partial charge on any atom is -0.493 e. The molecule has 0 bridgehead atoms. The third-order valence-electron chi connectivity index (χ3n) is 4.79. The largest absolute Gasteiger partial charge is 0.493 e. The Kier molecular flexibility index (Phi) is 6.79. The van der Waals surface area contributed by atoms with E-state index >= 15 is 0 Å². The molecule has 160 valence electrons. The lowest BCUT2D eigenvalue weighted by Crippen LogP contribution is -2.37. The summed E-state index contributed by atoms with van der Waals surface area (Å²) in [6.45, 7) is 2.34. The molecule has 1 aliphatic heterocycles. The number of benzene rings is 2. The average molecular weight is 414 g/mol. The van der Waals surface area contributed by atoms with Gasteiger partial charge in [0.05, 0.1) is 14.2 Å². The van der Waals surface area contributed by atoms with Crippen molar-refractivity contribution in [1.29, 1.82) is 0 Å². The van der Waals surface area contributed by atoms with Gasteiger partial charge >= 0.3 is 0 Å². The lowest BCUT2D eigenvalue weighted by molar-refractivity contribution is -0.138. The van der Waals surface area contributed by atoms with Gasteiger partial charge in [0.1, 0.15) is 12.4 Å². The molecule has 0 fully saturated rings. The first-order valence-corrected chi connectivity index (χ1v) is 9.53. The number of carbonyl (C=O) groups is 2. The molecule has 0 spiro atoms. The lowest BCUT2D eigenvalue weighted by Gasteiger charge is -2.24. The molecular weight excluding hydrogens is 388 g/mol. The fourth-order valence-electron chi connectivity index (χ4n) is 3.42. The summed E-state index contributed by atoms with van der Waals surface area (Å²) < 4.78 is 21.6. The van der Waals surface area contributed by atoms with E-state index in [1.807, 2.05) is 24.3 Å². The van der Waals surface area contributed by atoms with Crippen molar-refractivity contribution in [3.63, 3.8) is 0 Å². The van der Waals surface area contributed by atoms with Crippen molar-refractivity contribution in [1.82, 2.24) is 4.90 Å². The summed E-state index contributed by atoms with van der Waals surface area (Å²) in [4.78, 5) is 26.5. The fraction of sp³-hybridized carbons (Fsp3) is 0.364. The molecule has 1 unspecified atom stereocenters. The van der Waals surface area contributed by atoms with Crippen molar-refractivity contribution >= 4 is 17.5 Å². The number of para-hydroxylation sites is 1. The molecule has 1 atom stereocenters. The first-order valence-electron chi connectivity index (χ1n) is 9.53. The van der Waals surface area contributed by atoms with Crippen molar-refractivity contribution in [3.8, 4) is 17.2 Å². The van der Waals surface area contributed by atoms with Gasteiger partial charge in [-0.15, -0.1) is 0 Å². The Hall–Kier alpha value is -3.26. The lowest BCUT2D eigenvalue weighted by atomic mass is 10.1. The summed E-state index contributed by atoms with van der Waals surface area (Å²) in [6, 6.07) is 10.9. The molecule has 0 aliphatic carbocycles. The second kappa shape index (κ2) is 9.49. The number of methoxy groups -OCH3 is 3. The maximum absolute atomic E-state index is 13.0. The number of hydrogen-bond donors (Lipinski definition) is 1. The van der Waals surface area contributed by atoms with E-state index in [4.69, 9.17) is 18.9 Å². The van der Waals surface area contributed by atoms with E-state index < -0.39 is 6.10 Å². The number of rotatable bonds is 7. The van der Waals surface area contributed by atoms with Gasteiger partial charge in [0.15, 0.2) is 17.6 Å². The second-order valence-corrected chi connectivity index (χ2v) is 6.91. The smallest absolute Gasteiger partial charge is 0.263 e. The van der Waals surface area contributed by atoms with Crippen LogP contribution in [0.25, 0.3) is 0 Å². The molecule has 0 aromatic heterocycles. The van der Waals surface area contributed by atoms with E-state index in [1.54, 1.807) is 38.2 Å². The molecule has 2 aromatic carbocycles. The maximum atomic E-state index is 13.0. The zero-order valence-corrected chi connectivity index (χ0v) is 17.6. The van der Waals surface area contributed by atoms with Crippen molar-refractivity contribution in [3.05, 3.63) is 47.5 Å². The van der Waals surface area contributed by atoms with Crippen LogP contribution >= 0.6 is 0 Å². The topological polar surface area (TPSA) is 86.3 Å². The van der Waals surface area contributed by atoms with E-state index in [2.05, 4.69) is 5.32 Å². The molecule has 1 N–H and O–H groups in total. The van der Waals surface area contributed by atoms with Crippen LogP contribution in [0.3, 0.4) is 0 Å². The van der Waals surface area contributed by atoms with Gasteiger partial charge in [-0.3, -0.25) is 9.59 Å². The minimum absolute atomic E-state index is 0.0368. The number of amides is 2. The Morgan fingerprint density at radius 3 is 2.70 bits per heavy atom. The predicted octanol–water partition coefficient (Wildman–Crippen LogP) is 2.60. The summed E-state index contributed by atoms with van der Waals surface area (Å²) in [7, 11) is 4.61. The van der Waals surface area contributed by atoms with Crippen molar-refractivity contribution in [2.45, 2.75) is 26.1 Å². The highest BCUT2D eigenvalue weighted by molar-refractivity contribution is 5.92. The van der Waals surface area contributed by atoms with E-state index in [0.717, 1.165) is 11.1 Å². The van der Waals surface area contributed by atoms with Gasteiger partial charge in [-0.25, -0.2) is 0 Å². The Labute approximate surface area is 175 Å². The van der Waals surface area contributed by atoms with Gasteiger partial charge in [0, 0.05) is 37.0 Å². The molecule has 0 saturated heterocycles. The second-order valence-electron chi connectivity index (χ2n) is 6.91. The highest BCUT2D eigenvalue weighted by Crippen LogP contribution is 2.34. The normalized spacial score (nSPS) is 15.7. The van der Waals surface area contributed by atoms with Crippen molar-refractivity contribution < 1.29 is 28.5 Å². The monoisotopic (exact) mass is 414 g/mol. The molecule has 8 heteroatoms. The zero-order chi connectivity index (χ0) is 21.7. The van der Waals surface area contributed by atoms with Crippen LogP contribution in [0.1, 0.15) is 18.1 Å². The summed E-state index contributed by atoms with van der Waals surface area (Å²) >= 11 is 0. The number of anilines is 1. The van der Waals surface area contributed by atoms with E-state index in [0.29, 0.717) is 36.0 Å². The highest BCUT2D eigenvalue weighted by Gasteiger charge is 2.29. The molecule has 2 aromatic rings. The van der Waals surface area contributed by atoms with E-state index in [-0.39, 0.29) is 18.4 Å². The average Bonchev–Trinajstić information content (AvgIpc) is 2.84. The quantitative estimate of drug-likeness (QED) is 0.750. The molecule has 0 saturated carbocycles. The first-order chi connectivity index (χ1) is 14.5. The number of nitrogens with zero attached hydrogens (tertiary/aromatic N) is 1. The van der Waals surface area contributed by atoms with Gasteiger partial charge in [-0.2, -0.15) is 0 Å². The third-order valence-corrected chi connectivity index (χ3v) is 4.79. The number of carbonyl (C=O) groups excluding carboxylic acids is 2. The maximum Gasteiger partial charge on any atom is 0.263 e. The standard InChI is InChI=1S/C22H26N2O6/c1-14-22(26)24(11-15-6-5-7-19(28-3)21(15)29-4)12-16-10-17(8-9-18(16)30-14)23-20(25)13-27-2/h5-10,14H,11-13H2,1-4H3,(H,23,25). The van der Waals surface area contributed by atoms with Crippen LogP contribution in [0.2, 0.25) is 0 Å². The van der Waals surface area contributed by atoms with Crippen LogP contribution in [0.15, 0.2) is 36.4 Å². The Morgan fingerprint density at radius 1 is 1.20 bits per heavy atom. The van der Waals surface area contributed by atoms with Gasteiger partial charge < -0.3 is 29.2 Å². The molecule has 30 heavy (non-hydrogen) atoms. The van der Waals surface area contributed by atoms with Crippen LogP contribution in [-0.2, 0) is 27.4 Å². The number of hydrogen-bond acceptors (Lipinski definition) is 6. The van der Waals surface area contributed by atoms with E-state index in [9.17, 15) is 9.59 Å². The molecule has 1 aliphatic rings. The van der Waals surface area contributed by atoms with Crippen LogP contribution < -0.4 is 19.5 Å². The van der Waals surface area contributed by atoms with Gasteiger partial charge in [-0.1, -0.05) is 12.1 Å². The first kappa shape index (κ1) is 21.4. The Bertz CT molecular complexity index is 930. The predicted molar refractivity (Wildman–Crippen MR) is 111 cm³/mol. The fourth-order valence-corrected chi connectivity index (χ4v) is 3.42. The van der Waals surface area contributed by atoms with Gasteiger partial charge in [0.25, 0.3) is 5.91 Å². The Balaban J connectivity index is 1.89. The molecule has 0 radical (unpaired) electrons.